The number of nitrogens with two attached hydrogens (primary N) is 2. The van der Waals surface area contributed by atoms with Crippen molar-refractivity contribution >= 4 is 39.7 Å². The molecule has 3 heterocycles. The van der Waals surface area contributed by atoms with Gasteiger partial charge in [0.2, 0.25) is 0 Å². The van der Waals surface area contributed by atoms with Gasteiger partial charge in [-0.3, -0.25) is 14.3 Å². The average Bonchev–Trinajstić information content (AvgIpc) is 3.29. The zero-order valence-electron chi connectivity index (χ0n) is 18.9. The molecule has 2 aromatic heterocycles. The first-order valence-electron chi connectivity index (χ1n) is 10.9. The molecule has 0 spiro atoms. The Labute approximate surface area is 203 Å². The van der Waals surface area contributed by atoms with E-state index in [0.717, 1.165) is 23.5 Å². The lowest BCUT2D eigenvalue weighted by Crippen LogP contribution is -2.31. The van der Waals surface area contributed by atoms with Crippen molar-refractivity contribution < 1.29 is 23.5 Å². The van der Waals surface area contributed by atoms with Gasteiger partial charge in [0, 0.05) is 32.6 Å². The lowest BCUT2D eigenvalue weighted by Gasteiger charge is -2.24. The second kappa shape index (κ2) is 9.96. The Balaban J connectivity index is 1.55. The second-order valence-electron chi connectivity index (χ2n) is 8.37. The Bertz CT molecular complexity index is 1240. The number of aryl methyl sites for hydroxylation is 1. The fourth-order valence-corrected chi connectivity index (χ4v) is 5.13. The van der Waals surface area contributed by atoms with Crippen molar-refractivity contribution in [1.82, 2.24) is 14.8 Å². The van der Waals surface area contributed by atoms with Crippen LogP contribution in [0.2, 0.25) is 0 Å². The van der Waals surface area contributed by atoms with Gasteiger partial charge >= 0.3 is 5.97 Å². The van der Waals surface area contributed by atoms with E-state index in [9.17, 15) is 18.4 Å². The Kier molecular flexibility index (Phi) is 6.98. The molecule has 10 nitrogen and oxygen atoms in total. The van der Waals surface area contributed by atoms with E-state index < -0.39 is 23.5 Å². The molecule has 13 heteroatoms. The number of amides is 1. The fourth-order valence-electron chi connectivity index (χ4n) is 4.26. The number of halogens is 2. The minimum absolute atomic E-state index is 0.00196. The number of anilines is 3. The second-order valence-corrected chi connectivity index (χ2v) is 9.40. The van der Waals surface area contributed by atoms with Gasteiger partial charge in [-0.05, 0) is 30.9 Å². The highest BCUT2D eigenvalue weighted by Crippen LogP contribution is 2.35. The van der Waals surface area contributed by atoms with Crippen LogP contribution >= 0.6 is 11.3 Å². The maximum atomic E-state index is 14.2. The predicted octanol–water partition coefficient (Wildman–Crippen LogP) is 2.67. The van der Waals surface area contributed by atoms with Gasteiger partial charge in [0.15, 0.2) is 11.5 Å². The number of nitrogens with zero attached hydrogens (tertiary/aromatic N) is 4. The summed E-state index contributed by atoms with van der Waals surface area (Å²) < 4.78 is 29.9. The molecule has 1 saturated heterocycles. The first-order valence-corrected chi connectivity index (χ1v) is 11.7. The number of hydrogen-bond acceptors (Lipinski definition) is 8. The van der Waals surface area contributed by atoms with Crippen LogP contribution in [0.3, 0.4) is 0 Å². The van der Waals surface area contributed by atoms with Crippen LogP contribution in [0.25, 0.3) is 10.6 Å². The Morgan fingerprint density at radius 3 is 2.63 bits per heavy atom. The van der Waals surface area contributed by atoms with Gasteiger partial charge in [-0.2, -0.15) is 5.10 Å². The molecule has 0 aliphatic carbocycles. The summed E-state index contributed by atoms with van der Waals surface area (Å²) in [6.45, 7) is 1.08. The molecule has 3 aromatic rings. The van der Waals surface area contributed by atoms with E-state index in [1.807, 2.05) is 4.90 Å². The Morgan fingerprint density at radius 1 is 1.26 bits per heavy atom. The SMILES string of the molecule is Cn1ncc(NC(=O)c2nc(-c3c(F)cccc3F)sc2N)c1N1CC[C@@H](CC(=O)O)[C@H](N)CC1. The van der Waals surface area contributed by atoms with Crippen molar-refractivity contribution in [1.29, 1.82) is 0 Å². The van der Waals surface area contributed by atoms with E-state index in [1.54, 1.807) is 11.7 Å². The number of carboxylic acids is 1. The molecule has 1 aliphatic heterocycles. The number of nitrogen functional groups attached to an aromatic ring is 1. The highest BCUT2D eigenvalue weighted by molar-refractivity contribution is 7.19. The minimum Gasteiger partial charge on any atom is -0.481 e. The Hall–Kier alpha value is -3.58. The topological polar surface area (TPSA) is 152 Å². The molecule has 1 fully saturated rings. The summed E-state index contributed by atoms with van der Waals surface area (Å²) in [5, 5.41) is 16.1. The molecule has 1 aromatic carbocycles. The summed E-state index contributed by atoms with van der Waals surface area (Å²) in [5.74, 6) is -2.68. The van der Waals surface area contributed by atoms with Crippen LogP contribution in [-0.4, -0.2) is 50.9 Å². The zero-order valence-corrected chi connectivity index (χ0v) is 19.7. The third kappa shape index (κ3) is 5.10. The smallest absolute Gasteiger partial charge is 0.303 e. The molecular formula is C22H25F2N7O3S. The third-order valence-corrected chi connectivity index (χ3v) is 6.95. The molecule has 0 unspecified atom stereocenters. The van der Waals surface area contributed by atoms with Crippen LogP contribution in [0, 0.1) is 17.6 Å². The van der Waals surface area contributed by atoms with Crippen molar-refractivity contribution in [3.05, 3.63) is 41.7 Å². The lowest BCUT2D eigenvalue weighted by atomic mass is 9.92. The van der Waals surface area contributed by atoms with Gasteiger partial charge in [0.1, 0.15) is 27.3 Å². The van der Waals surface area contributed by atoms with Crippen molar-refractivity contribution in [2.75, 3.05) is 29.0 Å². The summed E-state index contributed by atoms with van der Waals surface area (Å²) in [5.41, 5.74) is 12.1. The van der Waals surface area contributed by atoms with Crippen molar-refractivity contribution in [2.24, 2.45) is 18.7 Å². The highest BCUT2D eigenvalue weighted by Gasteiger charge is 2.29. The summed E-state index contributed by atoms with van der Waals surface area (Å²) in [6.07, 6.45) is 2.63. The molecule has 1 amide bonds. The molecule has 35 heavy (non-hydrogen) atoms. The van der Waals surface area contributed by atoms with Crippen LogP contribution in [0.1, 0.15) is 29.8 Å². The molecule has 0 radical (unpaired) electrons. The van der Waals surface area contributed by atoms with Gasteiger partial charge in [-0.15, -0.1) is 0 Å². The lowest BCUT2D eigenvalue weighted by molar-refractivity contribution is -0.138. The quantitative estimate of drug-likeness (QED) is 0.399. The van der Waals surface area contributed by atoms with Crippen LogP contribution < -0.4 is 21.7 Å². The molecule has 186 valence electrons. The molecule has 6 N–H and O–H groups in total. The van der Waals surface area contributed by atoms with E-state index in [4.69, 9.17) is 16.6 Å². The van der Waals surface area contributed by atoms with Gasteiger partial charge < -0.3 is 26.8 Å². The first kappa shape index (κ1) is 24.5. The summed E-state index contributed by atoms with van der Waals surface area (Å²) >= 11 is 0.813. The van der Waals surface area contributed by atoms with E-state index in [1.165, 1.54) is 12.3 Å². The molecule has 0 saturated carbocycles. The first-order chi connectivity index (χ1) is 16.7. The standard InChI is InChI=1S/C22H25F2N7O3S/c1-30-22(31-7-5-11(9-16(32)33)14(25)6-8-31)15(10-27-30)28-20(34)18-19(26)35-21(29-18)17-12(23)3-2-4-13(17)24/h2-4,10-11,14H,5-9,25-26H2,1H3,(H,28,34)(H,32,33)/t11-,14+/m0/s1. The Morgan fingerprint density at radius 2 is 1.94 bits per heavy atom. The maximum absolute atomic E-state index is 14.2. The fraction of sp³-hybridized carbons (Fsp3) is 0.364. The zero-order chi connectivity index (χ0) is 25.3. The number of thiazole rings is 1. The normalized spacial score (nSPS) is 18.3. The van der Waals surface area contributed by atoms with Crippen molar-refractivity contribution in [3.63, 3.8) is 0 Å². The number of rotatable bonds is 6. The molecular weight excluding hydrogens is 480 g/mol. The van der Waals surface area contributed by atoms with Gasteiger partial charge in [0.25, 0.3) is 5.91 Å². The number of hydrogen-bond donors (Lipinski definition) is 4. The summed E-state index contributed by atoms with van der Waals surface area (Å²) in [6, 6.07) is 3.19. The number of nitrogens with one attached hydrogen (secondary N) is 1. The number of aromatic nitrogens is 3. The van der Waals surface area contributed by atoms with Crippen molar-refractivity contribution in [3.8, 4) is 10.6 Å². The number of benzene rings is 1. The summed E-state index contributed by atoms with van der Waals surface area (Å²) in [4.78, 5) is 30.3. The predicted molar refractivity (Wildman–Crippen MR) is 128 cm³/mol. The number of carbonyl (C=O) groups excluding carboxylic acids is 1. The average molecular weight is 506 g/mol. The minimum atomic E-state index is -0.886. The van der Waals surface area contributed by atoms with Crippen LogP contribution in [0.15, 0.2) is 24.4 Å². The summed E-state index contributed by atoms with van der Waals surface area (Å²) in [7, 11) is 1.72. The van der Waals surface area contributed by atoms with Gasteiger partial charge in [0.05, 0.1) is 11.8 Å². The van der Waals surface area contributed by atoms with Crippen molar-refractivity contribution in [2.45, 2.75) is 25.3 Å². The van der Waals surface area contributed by atoms with Gasteiger partial charge in [-0.1, -0.05) is 17.4 Å². The largest absolute Gasteiger partial charge is 0.481 e. The number of aliphatic carboxylic acids is 1. The van der Waals surface area contributed by atoms with E-state index in [-0.39, 0.29) is 39.6 Å². The van der Waals surface area contributed by atoms with E-state index in [2.05, 4.69) is 15.4 Å². The van der Waals surface area contributed by atoms with E-state index >= 15 is 0 Å². The number of carboxylic acid groups (broad SMARTS) is 1. The maximum Gasteiger partial charge on any atom is 0.303 e. The molecule has 0 bridgehead atoms. The van der Waals surface area contributed by atoms with Gasteiger partial charge in [-0.25, -0.2) is 13.8 Å². The third-order valence-electron chi connectivity index (χ3n) is 6.04. The highest BCUT2D eigenvalue weighted by atomic mass is 32.1. The molecule has 1 aliphatic rings. The van der Waals surface area contributed by atoms with Crippen LogP contribution in [0.4, 0.5) is 25.3 Å². The molecule has 2 atom stereocenters. The van der Waals surface area contributed by atoms with Crippen LogP contribution in [0.5, 0.6) is 0 Å². The van der Waals surface area contributed by atoms with Crippen LogP contribution in [-0.2, 0) is 11.8 Å². The monoisotopic (exact) mass is 505 g/mol. The molecule has 4 rings (SSSR count). The number of carbonyl (C=O) groups is 2. The van der Waals surface area contributed by atoms with E-state index in [0.29, 0.717) is 37.4 Å².